The van der Waals surface area contributed by atoms with E-state index in [1.165, 1.54) is 6.08 Å². The highest BCUT2D eigenvalue weighted by molar-refractivity contribution is 6.02. The summed E-state index contributed by atoms with van der Waals surface area (Å²) in [5.74, 6) is 1.21. The summed E-state index contributed by atoms with van der Waals surface area (Å²) in [7, 11) is 0. The fraction of sp³-hybridized carbons (Fsp3) is 0.750. The van der Waals surface area contributed by atoms with Gasteiger partial charge in [0.25, 0.3) is 0 Å². The van der Waals surface area contributed by atoms with Crippen LogP contribution in [0, 0.1) is 35.0 Å². The van der Waals surface area contributed by atoms with E-state index in [0.29, 0.717) is 48.5 Å². The first-order chi connectivity index (χ1) is 15.4. The third-order valence-electron chi connectivity index (χ3n) is 8.97. The number of esters is 1. The van der Waals surface area contributed by atoms with Crippen LogP contribution in [-0.4, -0.2) is 34.3 Å². The van der Waals surface area contributed by atoms with Crippen molar-refractivity contribution in [1.29, 1.82) is 0 Å². The molecule has 0 saturated heterocycles. The number of aliphatic hydroxyl groups excluding tert-OH is 1. The third kappa shape index (κ3) is 5.34. The van der Waals surface area contributed by atoms with Gasteiger partial charge in [-0.1, -0.05) is 46.8 Å². The van der Waals surface area contributed by atoms with Crippen molar-refractivity contribution < 1.29 is 24.2 Å². The van der Waals surface area contributed by atoms with Gasteiger partial charge in [0.2, 0.25) is 0 Å². The van der Waals surface area contributed by atoms with Crippen LogP contribution in [0.1, 0.15) is 86.5 Å². The summed E-state index contributed by atoms with van der Waals surface area (Å²) in [6.07, 6.45) is 9.34. The number of hydrogen-bond donors (Lipinski definition) is 1. The monoisotopic (exact) mass is 458 g/mol. The van der Waals surface area contributed by atoms with Crippen molar-refractivity contribution in [3.8, 4) is 0 Å². The Morgan fingerprint density at radius 2 is 1.76 bits per heavy atom. The maximum absolute atomic E-state index is 12.9. The van der Waals surface area contributed by atoms with Crippen LogP contribution in [0.25, 0.3) is 0 Å². The molecule has 184 valence electrons. The highest BCUT2D eigenvalue weighted by Crippen LogP contribution is 2.58. The third-order valence-corrected chi connectivity index (χ3v) is 8.97. The second-order valence-corrected chi connectivity index (χ2v) is 11.6. The average molecular weight is 459 g/mol. The number of Topliss-reactive ketones (excluding diaryl/α,β-unsaturated/α-hetero) is 2. The first-order valence-corrected chi connectivity index (χ1v) is 12.7. The Bertz CT molecular complexity index is 839. The Morgan fingerprint density at radius 1 is 1.06 bits per heavy atom. The van der Waals surface area contributed by atoms with Crippen molar-refractivity contribution in [2.45, 2.75) is 98.2 Å². The molecule has 3 saturated carbocycles. The Hall–Kier alpha value is -1.75. The van der Waals surface area contributed by atoms with Crippen molar-refractivity contribution in [1.82, 2.24) is 0 Å². The number of allylic oxidation sites excluding steroid dienone is 3. The maximum Gasteiger partial charge on any atom is 0.332 e. The van der Waals surface area contributed by atoms with Crippen LogP contribution in [0.4, 0.5) is 0 Å². The van der Waals surface area contributed by atoms with Gasteiger partial charge >= 0.3 is 5.97 Å². The highest BCUT2D eigenvalue weighted by atomic mass is 16.6. The molecule has 0 bridgehead atoms. The zero-order valence-electron chi connectivity index (χ0n) is 21.2. The topological polar surface area (TPSA) is 80.7 Å². The second-order valence-electron chi connectivity index (χ2n) is 11.6. The van der Waals surface area contributed by atoms with Crippen molar-refractivity contribution in [2.24, 2.45) is 35.0 Å². The van der Waals surface area contributed by atoms with E-state index in [2.05, 4.69) is 46.8 Å². The van der Waals surface area contributed by atoms with E-state index in [-0.39, 0.29) is 29.3 Å². The molecule has 33 heavy (non-hydrogen) atoms. The number of carbonyl (C=O) groups excluding carboxylic acids is 3. The van der Waals surface area contributed by atoms with Gasteiger partial charge in [-0.25, -0.2) is 4.79 Å². The summed E-state index contributed by atoms with van der Waals surface area (Å²) in [4.78, 5) is 38.1. The minimum Gasteiger partial charge on any atom is -0.448 e. The van der Waals surface area contributed by atoms with E-state index < -0.39 is 17.7 Å². The number of hydrogen-bond acceptors (Lipinski definition) is 5. The molecule has 0 amide bonds. The molecular weight excluding hydrogens is 416 g/mol. The number of fused-ring (bicyclic) bond motifs is 1. The molecule has 5 nitrogen and oxygen atoms in total. The Kier molecular flexibility index (Phi) is 7.72. The van der Waals surface area contributed by atoms with E-state index in [9.17, 15) is 19.5 Å². The molecule has 0 aliphatic heterocycles. The van der Waals surface area contributed by atoms with Gasteiger partial charge in [-0.15, -0.1) is 0 Å². The molecule has 0 aromatic heterocycles. The molecule has 5 heteroatoms. The summed E-state index contributed by atoms with van der Waals surface area (Å²) >= 11 is 0. The lowest BCUT2D eigenvalue weighted by molar-refractivity contribution is -0.167. The predicted octanol–water partition coefficient (Wildman–Crippen LogP) is 5.21. The lowest BCUT2D eigenvalue weighted by Crippen LogP contribution is -2.46. The van der Waals surface area contributed by atoms with Gasteiger partial charge < -0.3 is 9.84 Å². The van der Waals surface area contributed by atoms with Crippen molar-refractivity contribution >= 4 is 17.5 Å². The summed E-state index contributed by atoms with van der Waals surface area (Å²) in [5, 5.41) is 9.72. The summed E-state index contributed by atoms with van der Waals surface area (Å²) in [5.41, 5.74) is -0.673. The Balaban J connectivity index is 1.76. The fourth-order valence-corrected chi connectivity index (χ4v) is 6.21. The molecule has 3 fully saturated rings. The number of aliphatic hydroxyl groups is 1. The van der Waals surface area contributed by atoms with Gasteiger partial charge in [-0.3, -0.25) is 9.59 Å². The van der Waals surface area contributed by atoms with E-state index in [1.54, 1.807) is 6.92 Å². The SMILES string of the molecule is CC(C)C(C)/C=C/[C@@H](C)[C@H]1CC[C@H]2/C(=C/C(=O)O[C@]3(C)CC[C@@H](O)CC3=O)C(=O)CC[C@]12C. The first-order valence-electron chi connectivity index (χ1n) is 12.7. The predicted molar refractivity (Wildman–Crippen MR) is 128 cm³/mol. The zero-order valence-corrected chi connectivity index (χ0v) is 21.2. The van der Waals surface area contributed by atoms with Gasteiger partial charge in [-0.2, -0.15) is 0 Å². The smallest absolute Gasteiger partial charge is 0.332 e. The Morgan fingerprint density at radius 3 is 2.39 bits per heavy atom. The second kappa shape index (κ2) is 9.85. The van der Waals surface area contributed by atoms with Gasteiger partial charge in [0.15, 0.2) is 17.2 Å². The van der Waals surface area contributed by atoms with Crippen LogP contribution in [0.2, 0.25) is 0 Å². The van der Waals surface area contributed by atoms with Crippen LogP contribution < -0.4 is 0 Å². The summed E-state index contributed by atoms with van der Waals surface area (Å²) in [6, 6.07) is 0. The number of rotatable bonds is 6. The van der Waals surface area contributed by atoms with Crippen LogP contribution >= 0.6 is 0 Å². The van der Waals surface area contributed by atoms with Crippen molar-refractivity contribution in [3.63, 3.8) is 0 Å². The average Bonchev–Trinajstić information content (AvgIpc) is 3.09. The summed E-state index contributed by atoms with van der Waals surface area (Å²) in [6.45, 7) is 12.9. The van der Waals surface area contributed by atoms with E-state index in [4.69, 9.17) is 4.74 Å². The zero-order chi connectivity index (χ0) is 24.6. The highest BCUT2D eigenvalue weighted by Gasteiger charge is 2.53. The molecule has 3 rings (SSSR count). The molecule has 1 N–H and O–H groups in total. The minimum absolute atomic E-state index is 0.00247. The summed E-state index contributed by atoms with van der Waals surface area (Å²) < 4.78 is 5.59. The molecule has 0 aromatic rings. The minimum atomic E-state index is -1.22. The van der Waals surface area contributed by atoms with Gasteiger partial charge in [0.1, 0.15) is 0 Å². The lowest BCUT2D eigenvalue weighted by atomic mass is 9.61. The molecule has 0 aromatic carbocycles. The maximum atomic E-state index is 12.9. The number of ether oxygens (including phenoxy) is 1. The van der Waals surface area contributed by atoms with Gasteiger partial charge in [0.05, 0.1) is 6.10 Å². The van der Waals surface area contributed by atoms with Crippen LogP contribution in [0.5, 0.6) is 0 Å². The number of carbonyl (C=O) groups is 3. The molecule has 1 unspecified atom stereocenters. The quantitative estimate of drug-likeness (QED) is 0.336. The van der Waals surface area contributed by atoms with E-state index in [1.807, 2.05) is 0 Å². The molecule has 0 spiro atoms. The lowest BCUT2D eigenvalue weighted by Gasteiger charge is -2.43. The van der Waals surface area contributed by atoms with E-state index in [0.717, 1.165) is 19.3 Å². The normalized spacial score (nSPS) is 38.1. The molecule has 7 atom stereocenters. The fourth-order valence-electron chi connectivity index (χ4n) is 6.21. The van der Waals surface area contributed by atoms with Crippen molar-refractivity contribution in [3.05, 3.63) is 23.8 Å². The molecule has 3 aliphatic carbocycles. The van der Waals surface area contributed by atoms with Gasteiger partial charge in [0, 0.05) is 24.5 Å². The van der Waals surface area contributed by atoms with Crippen LogP contribution in [-0.2, 0) is 19.1 Å². The first kappa shape index (κ1) is 25.9. The van der Waals surface area contributed by atoms with Crippen LogP contribution in [0.15, 0.2) is 23.8 Å². The van der Waals surface area contributed by atoms with Crippen molar-refractivity contribution in [2.75, 3.05) is 0 Å². The van der Waals surface area contributed by atoms with Crippen LogP contribution in [0.3, 0.4) is 0 Å². The molecule has 0 heterocycles. The molecular formula is C28H42O5. The van der Waals surface area contributed by atoms with E-state index >= 15 is 0 Å². The largest absolute Gasteiger partial charge is 0.448 e. The number of ketones is 2. The molecule has 0 radical (unpaired) electrons. The molecule has 3 aliphatic rings. The van der Waals surface area contributed by atoms with Gasteiger partial charge in [-0.05, 0) is 74.0 Å². The standard InChI is InChI=1S/C28H42O5/c1-17(2)18(3)7-8-19(4)22-9-10-23-21(24(30)12-13-27(22,23)5)16-26(32)33-28(6)14-11-20(29)15-25(28)31/h7-8,16-20,22-23,29H,9-15H2,1-6H3/b8-7+,21-16-/t18?,19-,20-,22-,23+,27-,28-/m1/s1. The Labute approximate surface area is 199 Å².